The van der Waals surface area contributed by atoms with E-state index >= 15 is 0 Å². The van der Waals surface area contributed by atoms with Crippen molar-refractivity contribution in [1.82, 2.24) is 34.0 Å². The Hall–Kier alpha value is -5.38. The predicted molar refractivity (Wildman–Crippen MR) is 150 cm³/mol. The zero-order chi connectivity index (χ0) is 30.9. The smallest absolute Gasteiger partial charge is 0.354 e. The van der Waals surface area contributed by atoms with Gasteiger partial charge in [0.1, 0.15) is 6.67 Å². The van der Waals surface area contributed by atoms with Crippen LogP contribution in [0.3, 0.4) is 0 Å². The number of benzene rings is 2. The van der Waals surface area contributed by atoms with Crippen LogP contribution in [-0.4, -0.2) is 96.2 Å². The number of hydrazine groups is 1. The number of para-hydroxylation sites is 2. The van der Waals surface area contributed by atoms with E-state index in [4.69, 9.17) is 9.47 Å². The lowest BCUT2D eigenvalue weighted by Gasteiger charge is -2.44. The Kier molecular flexibility index (Phi) is 6.31. The van der Waals surface area contributed by atoms with Gasteiger partial charge in [-0.2, -0.15) is 5.01 Å². The Morgan fingerprint density at radius 3 is 2.16 bits per heavy atom. The number of ether oxygens (including phenoxy) is 2. The quantitative estimate of drug-likeness (QED) is 0.402. The summed E-state index contributed by atoms with van der Waals surface area (Å²) in [4.78, 5) is 88.4. The lowest BCUT2D eigenvalue weighted by molar-refractivity contribution is -0.165. The summed E-state index contributed by atoms with van der Waals surface area (Å²) < 4.78 is 13.5. The second kappa shape index (κ2) is 10.1. The number of fused-ring (bicyclic) bond motifs is 10. The van der Waals surface area contributed by atoms with Gasteiger partial charge >= 0.3 is 30.0 Å². The molecule has 6 amide bonds. The fourth-order valence-corrected chi connectivity index (χ4v) is 6.28. The molecule has 16 heteroatoms. The van der Waals surface area contributed by atoms with Crippen LogP contribution in [0.5, 0.6) is 0 Å². The number of rotatable bonds is 4. The highest BCUT2D eigenvalue weighted by molar-refractivity contribution is 6.09. The maximum absolute atomic E-state index is 14.7. The average Bonchev–Trinajstić information content (AvgIpc) is 3.42. The molecular weight excluding hydrogens is 576 g/mol. The molecule has 4 bridgehead atoms. The van der Waals surface area contributed by atoms with Gasteiger partial charge in [0.05, 0.1) is 49.7 Å². The number of anilines is 1. The van der Waals surface area contributed by atoms with Gasteiger partial charge in [0.25, 0.3) is 5.56 Å². The van der Waals surface area contributed by atoms with Crippen molar-refractivity contribution in [2.75, 3.05) is 24.9 Å². The van der Waals surface area contributed by atoms with E-state index in [2.05, 4.69) is 0 Å². The monoisotopic (exact) mass is 604 g/mol. The molecule has 1 aromatic heterocycles. The molecule has 3 atom stereocenters. The zero-order valence-electron chi connectivity index (χ0n) is 23.9. The number of carbonyl (C=O) groups is 5. The van der Waals surface area contributed by atoms with Crippen LogP contribution in [0.2, 0.25) is 0 Å². The van der Waals surface area contributed by atoms with Crippen molar-refractivity contribution in [2.45, 2.75) is 46.1 Å². The van der Waals surface area contributed by atoms with E-state index in [1.165, 1.54) is 14.3 Å². The van der Waals surface area contributed by atoms with Gasteiger partial charge < -0.3 is 9.47 Å². The number of amides is 6. The van der Waals surface area contributed by atoms with Gasteiger partial charge in [-0.05, 0) is 37.6 Å². The molecule has 5 heterocycles. The van der Waals surface area contributed by atoms with Crippen molar-refractivity contribution in [3.63, 3.8) is 0 Å². The summed E-state index contributed by atoms with van der Waals surface area (Å²) in [6.07, 6.45) is -3.27. The third-order valence-electron chi connectivity index (χ3n) is 8.14. The Balaban J connectivity index is 1.46. The number of imide groups is 1. The minimum absolute atomic E-state index is 0.00641. The molecule has 4 aliphatic heterocycles. The van der Waals surface area contributed by atoms with E-state index in [9.17, 15) is 28.8 Å². The predicted octanol–water partition coefficient (Wildman–Crippen LogP) is 1.30. The standard InChI is InChI=1S/C28H28N8O8/c1-3-43-24(38)21-29-14-30-22(25(39)44-4-2)35(28(42)36-19-11-7-5-9-17(19)13-32(36)26(30)40)27(41)31(21)16-33-20-12-8-6-10-18(20)23(37)34(33)15-29/h5-12,21-22H,3-4,13-16H2,1-2H3. The largest absolute Gasteiger partial charge is 0.463 e. The minimum Gasteiger partial charge on any atom is -0.463 e. The third kappa shape index (κ3) is 3.80. The molecule has 2 fully saturated rings. The topological polar surface area (TPSA) is 150 Å². The summed E-state index contributed by atoms with van der Waals surface area (Å²) in [7, 11) is 0. The van der Waals surface area contributed by atoms with Crippen molar-refractivity contribution in [2.24, 2.45) is 0 Å². The van der Waals surface area contributed by atoms with Gasteiger partial charge in [-0.3, -0.25) is 19.3 Å². The highest BCUT2D eigenvalue weighted by Gasteiger charge is 2.57. The molecule has 0 radical (unpaired) electrons. The number of hydrogen-bond acceptors (Lipinski definition) is 9. The first-order chi connectivity index (χ1) is 21.3. The van der Waals surface area contributed by atoms with Crippen molar-refractivity contribution >= 4 is 46.6 Å². The number of esters is 2. The van der Waals surface area contributed by atoms with Crippen molar-refractivity contribution in [3.8, 4) is 0 Å². The molecule has 3 aromatic rings. The molecule has 228 valence electrons. The van der Waals surface area contributed by atoms with E-state index in [-0.39, 0.29) is 38.7 Å². The van der Waals surface area contributed by atoms with Crippen LogP contribution in [0.15, 0.2) is 53.3 Å². The maximum Gasteiger partial charge on any atom is 0.354 e. The molecule has 0 aliphatic carbocycles. The molecule has 44 heavy (non-hydrogen) atoms. The third-order valence-corrected chi connectivity index (χ3v) is 8.14. The van der Waals surface area contributed by atoms with Crippen LogP contribution >= 0.6 is 0 Å². The summed E-state index contributed by atoms with van der Waals surface area (Å²) in [6.45, 7) is 2.00. The molecule has 16 nitrogen and oxygen atoms in total. The van der Waals surface area contributed by atoms with Gasteiger partial charge in [-0.15, -0.1) is 0 Å². The molecule has 3 unspecified atom stereocenters. The molecule has 2 aromatic carbocycles. The van der Waals surface area contributed by atoms with Crippen molar-refractivity contribution in [3.05, 3.63) is 64.4 Å². The molecule has 0 spiro atoms. The lowest BCUT2D eigenvalue weighted by atomic mass is 10.2. The zero-order valence-corrected chi connectivity index (χ0v) is 23.9. The Bertz CT molecular complexity index is 1800. The van der Waals surface area contributed by atoms with Gasteiger partial charge in [-0.1, -0.05) is 30.3 Å². The summed E-state index contributed by atoms with van der Waals surface area (Å²) in [5.74, 6) is -1.84. The fourth-order valence-electron chi connectivity index (χ4n) is 6.28. The number of hydrogen-bond donors (Lipinski definition) is 0. The minimum atomic E-state index is -1.81. The molecule has 4 aliphatic rings. The van der Waals surface area contributed by atoms with Crippen LogP contribution in [0.1, 0.15) is 19.4 Å². The fraction of sp³-hybridized carbons (Fsp3) is 0.357. The van der Waals surface area contributed by atoms with Crippen LogP contribution in [-0.2, 0) is 38.9 Å². The van der Waals surface area contributed by atoms with E-state index in [0.717, 1.165) is 19.8 Å². The Morgan fingerprint density at radius 2 is 1.41 bits per heavy atom. The highest BCUT2D eigenvalue weighted by Crippen LogP contribution is 2.38. The first-order valence-electron chi connectivity index (χ1n) is 14.1. The van der Waals surface area contributed by atoms with Crippen LogP contribution in [0.25, 0.3) is 10.9 Å². The molecule has 2 saturated heterocycles. The Labute approximate surface area is 249 Å². The lowest BCUT2D eigenvalue weighted by Crippen LogP contribution is -2.69. The SMILES string of the molecule is CCOC(=O)C1N2CN3C(=O)N4Cc5ccccc5N4C(=O)N(C(=O)N1Cn1c4ccccc4c(=O)n1C2)C3C(=O)OCC. The van der Waals surface area contributed by atoms with Crippen LogP contribution < -0.4 is 10.6 Å². The molecule has 0 N–H and O–H groups in total. The van der Waals surface area contributed by atoms with Gasteiger partial charge in [0.2, 0.25) is 6.17 Å². The Morgan fingerprint density at radius 1 is 0.750 bits per heavy atom. The first kappa shape index (κ1) is 27.5. The molecule has 7 rings (SSSR count). The van der Waals surface area contributed by atoms with Crippen LogP contribution in [0, 0.1) is 0 Å². The van der Waals surface area contributed by atoms with Crippen molar-refractivity contribution in [1.29, 1.82) is 0 Å². The number of aromatic nitrogens is 2. The van der Waals surface area contributed by atoms with E-state index in [1.807, 2.05) is 0 Å². The van der Waals surface area contributed by atoms with Crippen LogP contribution in [0.4, 0.5) is 20.1 Å². The number of carbonyl (C=O) groups excluding carboxylic acids is 5. The second-order valence-corrected chi connectivity index (χ2v) is 10.5. The summed E-state index contributed by atoms with van der Waals surface area (Å²) >= 11 is 0. The van der Waals surface area contributed by atoms with Gasteiger partial charge in [0.15, 0.2) is 6.17 Å². The molecule has 0 saturated carbocycles. The summed E-state index contributed by atoms with van der Waals surface area (Å²) in [5.41, 5.74) is 1.13. The van der Waals surface area contributed by atoms with Gasteiger partial charge in [0, 0.05) is 0 Å². The highest BCUT2D eigenvalue weighted by atomic mass is 16.5. The maximum atomic E-state index is 14.7. The normalized spacial score (nSPS) is 22.5. The average molecular weight is 605 g/mol. The summed E-state index contributed by atoms with van der Waals surface area (Å²) in [6, 6.07) is 10.8. The van der Waals surface area contributed by atoms with Gasteiger partial charge in [-0.25, -0.2) is 43.5 Å². The van der Waals surface area contributed by atoms with Crippen molar-refractivity contribution < 1.29 is 33.4 Å². The van der Waals surface area contributed by atoms with E-state index in [1.54, 1.807) is 62.4 Å². The number of nitrogens with zero attached hydrogens (tertiary/aromatic N) is 8. The second-order valence-electron chi connectivity index (χ2n) is 10.5. The summed E-state index contributed by atoms with van der Waals surface area (Å²) in [5, 5.41) is 2.60. The van der Waals surface area contributed by atoms with E-state index in [0.29, 0.717) is 27.1 Å². The molecular formula is C28H28N8O8. The number of urea groups is 3. The van der Waals surface area contributed by atoms with E-state index < -0.39 is 49.0 Å². The first-order valence-corrected chi connectivity index (χ1v) is 14.1.